The summed E-state index contributed by atoms with van der Waals surface area (Å²) in [6.07, 6.45) is -3.55. The molecule has 0 spiro atoms. The second kappa shape index (κ2) is 8.73. The van der Waals surface area contributed by atoms with Gasteiger partial charge in [0.25, 0.3) is 0 Å². The molecular weight excluding hydrogens is 395 g/mol. The first-order chi connectivity index (χ1) is 14.4. The standard InChI is InChI=1S/C22H24F3N3O2/c23-22(24,25)18-7-2-1-5-16(18)13-17-6-3-8-19(26-17)20-14-27(11-12-30-20)15-21(29)28-9-4-10-28/h1-3,5-8,20H,4,9-15H2. The zero-order valence-electron chi connectivity index (χ0n) is 16.6. The maximum atomic E-state index is 13.3. The van der Waals surface area contributed by atoms with Crippen LogP contribution in [-0.4, -0.2) is 60.0 Å². The molecule has 1 atom stereocenters. The van der Waals surface area contributed by atoms with E-state index in [2.05, 4.69) is 9.88 Å². The Kier molecular flexibility index (Phi) is 6.06. The lowest BCUT2D eigenvalue weighted by molar-refractivity contribution is -0.138. The van der Waals surface area contributed by atoms with Crippen LogP contribution in [0.25, 0.3) is 0 Å². The highest BCUT2D eigenvalue weighted by Crippen LogP contribution is 2.33. The van der Waals surface area contributed by atoms with Gasteiger partial charge in [-0.25, -0.2) is 0 Å². The van der Waals surface area contributed by atoms with E-state index in [0.717, 1.165) is 25.6 Å². The molecule has 0 radical (unpaired) electrons. The van der Waals surface area contributed by atoms with Crippen molar-refractivity contribution in [1.29, 1.82) is 0 Å². The molecule has 3 heterocycles. The molecule has 160 valence electrons. The summed E-state index contributed by atoms with van der Waals surface area (Å²) in [5, 5.41) is 0. The molecule has 8 heteroatoms. The summed E-state index contributed by atoms with van der Waals surface area (Å²) in [4.78, 5) is 20.7. The fourth-order valence-corrected chi connectivity index (χ4v) is 3.80. The summed E-state index contributed by atoms with van der Waals surface area (Å²) in [5.74, 6) is 0.132. The van der Waals surface area contributed by atoms with Gasteiger partial charge in [0.1, 0.15) is 6.10 Å². The third kappa shape index (κ3) is 4.82. The van der Waals surface area contributed by atoms with Crippen LogP contribution in [0.4, 0.5) is 13.2 Å². The van der Waals surface area contributed by atoms with Crippen LogP contribution in [0.5, 0.6) is 0 Å². The number of alkyl halides is 3. The van der Waals surface area contributed by atoms with E-state index in [9.17, 15) is 18.0 Å². The van der Waals surface area contributed by atoms with Gasteiger partial charge < -0.3 is 9.64 Å². The summed E-state index contributed by atoms with van der Waals surface area (Å²) in [5.41, 5.74) is 0.794. The lowest BCUT2D eigenvalue weighted by Crippen LogP contribution is -2.49. The van der Waals surface area contributed by atoms with Crippen LogP contribution in [-0.2, 0) is 22.1 Å². The molecule has 1 amide bonds. The van der Waals surface area contributed by atoms with Gasteiger partial charge >= 0.3 is 6.18 Å². The van der Waals surface area contributed by atoms with Gasteiger partial charge in [-0.05, 0) is 30.2 Å². The zero-order valence-corrected chi connectivity index (χ0v) is 16.6. The third-order valence-corrected chi connectivity index (χ3v) is 5.57. The lowest BCUT2D eigenvalue weighted by atomic mass is 10.0. The van der Waals surface area contributed by atoms with E-state index < -0.39 is 11.7 Å². The zero-order chi connectivity index (χ0) is 21.1. The molecule has 30 heavy (non-hydrogen) atoms. The minimum Gasteiger partial charge on any atom is -0.369 e. The van der Waals surface area contributed by atoms with Crippen molar-refractivity contribution < 1.29 is 22.7 Å². The Morgan fingerprint density at radius 3 is 2.63 bits per heavy atom. The van der Waals surface area contributed by atoms with E-state index in [0.29, 0.717) is 37.6 Å². The number of ether oxygens (including phenoxy) is 1. The number of likely N-dealkylation sites (tertiary alicyclic amines) is 1. The van der Waals surface area contributed by atoms with Crippen molar-refractivity contribution in [3.63, 3.8) is 0 Å². The van der Waals surface area contributed by atoms with Crippen molar-refractivity contribution >= 4 is 5.91 Å². The number of amides is 1. The molecule has 1 aromatic carbocycles. The largest absolute Gasteiger partial charge is 0.416 e. The van der Waals surface area contributed by atoms with Crippen LogP contribution in [0.3, 0.4) is 0 Å². The van der Waals surface area contributed by atoms with Crippen molar-refractivity contribution in [2.75, 3.05) is 39.3 Å². The maximum absolute atomic E-state index is 13.3. The first-order valence-electron chi connectivity index (χ1n) is 10.1. The van der Waals surface area contributed by atoms with E-state index in [1.54, 1.807) is 18.2 Å². The SMILES string of the molecule is O=C(CN1CCOC(c2cccc(Cc3ccccc3C(F)(F)F)n2)C1)N1CCC1. The van der Waals surface area contributed by atoms with E-state index >= 15 is 0 Å². The van der Waals surface area contributed by atoms with Gasteiger partial charge in [-0.3, -0.25) is 14.7 Å². The van der Waals surface area contributed by atoms with Gasteiger partial charge in [-0.2, -0.15) is 13.2 Å². The van der Waals surface area contributed by atoms with Gasteiger partial charge in [-0.1, -0.05) is 24.3 Å². The number of benzene rings is 1. The van der Waals surface area contributed by atoms with Crippen molar-refractivity contribution in [2.24, 2.45) is 0 Å². The first-order valence-corrected chi connectivity index (χ1v) is 10.1. The van der Waals surface area contributed by atoms with Crippen molar-refractivity contribution in [1.82, 2.24) is 14.8 Å². The molecule has 2 saturated heterocycles. The van der Waals surface area contributed by atoms with Crippen LogP contribution in [0.15, 0.2) is 42.5 Å². The summed E-state index contributed by atoms with van der Waals surface area (Å²) < 4.78 is 45.7. The second-order valence-electron chi connectivity index (χ2n) is 7.71. The maximum Gasteiger partial charge on any atom is 0.416 e. The number of rotatable bonds is 5. The number of hydrogen-bond donors (Lipinski definition) is 0. The topological polar surface area (TPSA) is 45.7 Å². The number of carbonyl (C=O) groups is 1. The lowest BCUT2D eigenvalue weighted by Gasteiger charge is -2.36. The monoisotopic (exact) mass is 419 g/mol. The highest BCUT2D eigenvalue weighted by Gasteiger charge is 2.33. The van der Waals surface area contributed by atoms with Crippen molar-refractivity contribution in [3.8, 4) is 0 Å². The minimum atomic E-state index is -4.40. The summed E-state index contributed by atoms with van der Waals surface area (Å²) in [7, 11) is 0. The Hall–Kier alpha value is -2.45. The molecule has 5 nitrogen and oxygen atoms in total. The highest BCUT2D eigenvalue weighted by atomic mass is 19.4. The number of aromatic nitrogens is 1. The molecule has 0 saturated carbocycles. The minimum absolute atomic E-state index is 0.0907. The van der Waals surface area contributed by atoms with Gasteiger partial charge in [0.2, 0.25) is 5.91 Å². The summed E-state index contributed by atoms with van der Waals surface area (Å²) in [6, 6.07) is 10.9. The number of hydrogen-bond acceptors (Lipinski definition) is 4. The molecule has 1 unspecified atom stereocenters. The van der Waals surface area contributed by atoms with E-state index in [1.807, 2.05) is 11.0 Å². The molecule has 1 aromatic heterocycles. The van der Waals surface area contributed by atoms with Crippen LogP contribution < -0.4 is 0 Å². The number of pyridine rings is 1. The van der Waals surface area contributed by atoms with E-state index in [1.165, 1.54) is 12.1 Å². The number of nitrogens with zero attached hydrogens (tertiary/aromatic N) is 3. The molecule has 0 bridgehead atoms. The average molecular weight is 419 g/mol. The summed E-state index contributed by atoms with van der Waals surface area (Å²) >= 11 is 0. The number of carbonyl (C=O) groups excluding carboxylic acids is 1. The van der Waals surface area contributed by atoms with Crippen LogP contribution in [0, 0.1) is 0 Å². The molecule has 0 aliphatic carbocycles. The molecule has 2 fully saturated rings. The van der Waals surface area contributed by atoms with Crippen LogP contribution in [0.2, 0.25) is 0 Å². The molecular formula is C22H24F3N3O2. The third-order valence-electron chi connectivity index (χ3n) is 5.57. The molecule has 2 aliphatic rings. The van der Waals surface area contributed by atoms with Crippen LogP contribution in [0.1, 0.15) is 35.0 Å². The first kappa shape index (κ1) is 20.8. The normalized spacial score (nSPS) is 20.1. The van der Waals surface area contributed by atoms with E-state index in [4.69, 9.17) is 4.74 Å². The van der Waals surface area contributed by atoms with Gasteiger partial charge in [0.15, 0.2) is 0 Å². The average Bonchev–Trinajstić information content (AvgIpc) is 2.66. The van der Waals surface area contributed by atoms with E-state index in [-0.39, 0.29) is 24.0 Å². The van der Waals surface area contributed by atoms with Crippen LogP contribution >= 0.6 is 0 Å². The Labute approximate surface area is 173 Å². The Bertz CT molecular complexity index is 899. The Balaban J connectivity index is 1.45. The number of halogens is 3. The molecule has 2 aromatic rings. The highest BCUT2D eigenvalue weighted by molar-refractivity contribution is 5.78. The predicted molar refractivity (Wildman–Crippen MR) is 105 cm³/mol. The fraction of sp³-hybridized carbons (Fsp3) is 0.455. The molecule has 2 aliphatic heterocycles. The second-order valence-corrected chi connectivity index (χ2v) is 7.71. The van der Waals surface area contributed by atoms with Gasteiger partial charge in [0, 0.05) is 38.3 Å². The van der Waals surface area contributed by atoms with Gasteiger partial charge in [-0.15, -0.1) is 0 Å². The summed E-state index contributed by atoms with van der Waals surface area (Å²) in [6.45, 7) is 3.72. The van der Waals surface area contributed by atoms with Crippen molar-refractivity contribution in [3.05, 3.63) is 65.0 Å². The molecule has 4 rings (SSSR count). The Morgan fingerprint density at radius 1 is 1.10 bits per heavy atom. The fourth-order valence-electron chi connectivity index (χ4n) is 3.80. The number of morpholine rings is 1. The smallest absolute Gasteiger partial charge is 0.369 e. The van der Waals surface area contributed by atoms with Crippen molar-refractivity contribution in [2.45, 2.75) is 25.1 Å². The quantitative estimate of drug-likeness (QED) is 0.746. The Morgan fingerprint density at radius 2 is 1.90 bits per heavy atom. The van der Waals surface area contributed by atoms with Gasteiger partial charge in [0.05, 0.1) is 24.4 Å². The molecule has 0 N–H and O–H groups in total. The predicted octanol–water partition coefficient (Wildman–Crippen LogP) is 3.30.